The number of likely N-dealkylation sites (tertiary alicyclic amines) is 1. The third kappa shape index (κ3) is 5.71. The molecule has 1 aromatic heterocycles. The number of fused-ring (bicyclic) bond motifs is 1. The van der Waals surface area contributed by atoms with Crippen LogP contribution in [0, 0.1) is 5.41 Å². The number of hydrogen-bond donors (Lipinski definition) is 0. The lowest BCUT2D eigenvalue weighted by atomic mass is 9.75. The van der Waals surface area contributed by atoms with Gasteiger partial charge in [-0.05, 0) is 49.9 Å². The van der Waals surface area contributed by atoms with Crippen LogP contribution in [0.15, 0.2) is 48.7 Å². The van der Waals surface area contributed by atoms with Crippen molar-refractivity contribution in [1.82, 2.24) is 14.8 Å². The van der Waals surface area contributed by atoms with Crippen LogP contribution in [0.4, 0.5) is 0 Å². The van der Waals surface area contributed by atoms with Crippen LogP contribution in [0.3, 0.4) is 0 Å². The van der Waals surface area contributed by atoms with Crippen molar-refractivity contribution in [3.63, 3.8) is 0 Å². The van der Waals surface area contributed by atoms with Gasteiger partial charge >= 0.3 is 0 Å². The lowest BCUT2D eigenvalue weighted by molar-refractivity contribution is 0.0326. The van der Waals surface area contributed by atoms with E-state index in [1.807, 2.05) is 41.3 Å². The van der Waals surface area contributed by atoms with Crippen molar-refractivity contribution < 1.29 is 19.1 Å². The number of hydrogen-bond acceptors (Lipinski definition) is 5. The molecular weight excluding hydrogens is 418 g/mol. The van der Waals surface area contributed by atoms with Crippen molar-refractivity contribution in [1.29, 1.82) is 0 Å². The SMILES string of the molecule is CN1CCOCCCCC2(CCN(C(=O)c3ccccn3)CC2)COc2ccccc2C1=O. The Labute approximate surface area is 195 Å². The third-order valence-corrected chi connectivity index (χ3v) is 6.81. The van der Waals surface area contributed by atoms with E-state index < -0.39 is 0 Å². The lowest BCUT2D eigenvalue weighted by Gasteiger charge is -2.42. The van der Waals surface area contributed by atoms with Gasteiger partial charge in [0, 0.05) is 44.9 Å². The molecule has 1 fully saturated rings. The number of carbonyl (C=O) groups excluding carboxylic acids is 2. The van der Waals surface area contributed by atoms with E-state index in [-0.39, 0.29) is 17.2 Å². The number of pyridine rings is 1. The molecule has 2 aromatic rings. The third-order valence-electron chi connectivity index (χ3n) is 6.81. The van der Waals surface area contributed by atoms with Gasteiger partial charge in [-0.15, -0.1) is 0 Å². The molecule has 0 bridgehead atoms. The first-order chi connectivity index (χ1) is 16.1. The maximum atomic E-state index is 13.0. The summed E-state index contributed by atoms with van der Waals surface area (Å²) < 4.78 is 12.1. The maximum Gasteiger partial charge on any atom is 0.272 e. The molecule has 0 saturated carbocycles. The number of amides is 2. The van der Waals surface area contributed by atoms with E-state index in [4.69, 9.17) is 9.47 Å². The van der Waals surface area contributed by atoms with Crippen LogP contribution < -0.4 is 4.74 Å². The van der Waals surface area contributed by atoms with Crippen molar-refractivity contribution in [2.24, 2.45) is 5.41 Å². The van der Waals surface area contributed by atoms with E-state index >= 15 is 0 Å². The van der Waals surface area contributed by atoms with Gasteiger partial charge in [-0.1, -0.05) is 24.6 Å². The minimum absolute atomic E-state index is 0.0142. The summed E-state index contributed by atoms with van der Waals surface area (Å²) in [5.74, 6) is 0.550. The number of ether oxygens (including phenoxy) is 2. The highest BCUT2D eigenvalue weighted by molar-refractivity contribution is 5.96. The van der Waals surface area contributed by atoms with Crippen LogP contribution in [0.25, 0.3) is 0 Å². The van der Waals surface area contributed by atoms with Gasteiger partial charge in [0.1, 0.15) is 11.4 Å². The molecule has 2 aliphatic rings. The standard InChI is InChI=1S/C26H33N3O4/c1-28-17-19-32-18-7-5-11-26(20-33-23-10-3-2-8-21(23)24(28)30)12-15-29(16-13-26)25(31)22-9-4-6-14-27-22/h2-4,6,8-10,14H,5,7,11-13,15-20H2,1H3. The zero-order valence-electron chi connectivity index (χ0n) is 19.4. The second-order valence-electron chi connectivity index (χ2n) is 9.09. The number of benzene rings is 1. The number of nitrogens with zero attached hydrogens (tertiary/aromatic N) is 3. The van der Waals surface area contributed by atoms with E-state index in [1.54, 1.807) is 24.2 Å². The van der Waals surface area contributed by atoms with Crippen LogP contribution in [-0.2, 0) is 4.74 Å². The molecule has 4 rings (SSSR count). The molecule has 0 unspecified atom stereocenters. The zero-order chi connectivity index (χ0) is 23.1. The molecule has 1 aromatic carbocycles. The minimum atomic E-state index is -0.0592. The molecule has 33 heavy (non-hydrogen) atoms. The smallest absolute Gasteiger partial charge is 0.272 e. The van der Waals surface area contributed by atoms with Crippen LogP contribution in [-0.4, -0.2) is 73.1 Å². The number of carbonyl (C=O) groups is 2. The van der Waals surface area contributed by atoms with Gasteiger partial charge in [0.15, 0.2) is 0 Å². The fourth-order valence-electron chi connectivity index (χ4n) is 4.62. The molecule has 7 nitrogen and oxygen atoms in total. The Balaban J connectivity index is 1.49. The summed E-state index contributed by atoms with van der Waals surface area (Å²) in [7, 11) is 1.80. The number of para-hydroxylation sites is 1. The van der Waals surface area contributed by atoms with Crippen LogP contribution in [0.2, 0.25) is 0 Å². The molecule has 3 heterocycles. The van der Waals surface area contributed by atoms with E-state index in [0.29, 0.717) is 56.5 Å². The van der Waals surface area contributed by atoms with E-state index in [1.165, 1.54) is 0 Å². The number of aromatic nitrogens is 1. The van der Waals surface area contributed by atoms with Crippen molar-refractivity contribution in [2.45, 2.75) is 32.1 Å². The quantitative estimate of drug-likeness (QED) is 0.662. The van der Waals surface area contributed by atoms with Crippen molar-refractivity contribution in [3.8, 4) is 5.75 Å². The Morgan fingerprint density at radius 1 is 0.970 bits per heavy atom. The van der Waals surface area contributed by atoms with Crippen molar-refractivity contribution >= 4 is 11.8 Å². The highest BCUT2D eigenvalue weighted by Crippen LogP contribution is 2.38. The van der Waals surface area contributed by atoms with Crippen LogP contribution >= 0.6 is 0 Å². The summed E-state index contributed by atoms with van der Waals surface area (Å²) in [5.41, 5.74) is 1.03. The van der Waals surface area contributed by atoms with E-state index in [2.05, 4.69) is 4.98 Å². The molecule has 0 N–H and O–H groups in total. The largest absolute Gasteiger partial charge is 0.492 e. The molecule has 176 valence electrons. The molecular formula is C26H33N3O4. The second-order valence-corrected chi connectivity index (χ2v) is 9.09. The first-order valence-corrected chi connectivity index (χ1v) is 11.8. The second kappa shape index (κ2) is 10.8. The predicted octanol–water partition coefficient (Wildman–Crippen LogP) is 3.66. The van der Waals surface area contributed by atoms with Gasteiger partial charge in [0.2, 0.25) is 0 Å². The molecule has 2 aliphatic heterocycles. The summed E-state index contributed by atoms with van der Waals surface area (Å²) in [4.78, 5) is 33.6. The highest BCUT2D eigenvalue weighted by atomic mass is 16.5. The van der Waals surface area contributed by atoms with Gasteiger partial charge in [0.25, 0.3) is 11.8 Å². The molecule has 0 radical (unpaired) electrons. The number of piperidine rings is 1. The van der Waals surface area contributed by atoms with Crippen molar-refractivity contribution in [2.75, 3.05) is 46.5 Å². The number of likely N-dealkylation sites (N-methyl/N-ethyl adjacent to an activating group) is 1. The zero-order valence-corrected chi connectivity index (χ0v) is 19.4. The summed E-state index contributed by atoms with van der Waals surface area (Å²) in [6.07, 6.45) is 6.42. The van der Waals surface area contributed by atoms with Gasteiger partial charge in [-0.25, -0.2) is 0 Å². The fraction of sp³-hybridized carbons (Fsp3) is 0.500. The monoisotopic (exact) mass is 451 g/mol. The summed E-state index contributed by atoms with van der Waals surface area (Å²) in [5, 5.41) is 0. The summed E-state index contributed by atoms with van der Waals surface area (Å²) in [6, 6.07) is 12.9. The van der Waals surface area contributed by atoms with Gasteiger partial charge in [0.05, 0.1) is 18.8 Å². The Kier molecular flexibility index (Phi) is 7.60. The minimum Gasteiger partial charge on any atom is -0.492 e. The fourth-order valence-corrected chi connectivity index (χ4v) is 4.62. The molecule has 2 amide bonds. The molecule has 7 heteroatoms. The molecule has 1 spiro atoms. The average molecular weight is 452 g/mol. The van der Waals surface area contributed by atoms with Gasteiger partial charge in [-0.3, -0.25) is 14.6 Å². The normalized spacial score (nSPS) is 20.0. The lowest BCUT2D eigenvalue weighted by Crippen LogP contribution is -2.45. The molecule has 0 atom stereocenters. The predicted molar refractivity (Wildman–Crippen MR) is 125 cm³/mol. The summed E-state index contributed by atoms with van der Waals surface area (Å²) >= 11 is 0. The highest BCUT2D eigenvalue weighted by Gasteiger charge is 2.37. The Hall–Kier alpha value is -2.93. The van der Waals surface area contributed by atoms with Gasteiger partial charge < -0.3 is 19.3 Å². The Morgan fingerprint density at radius 3 is 2.55 bits per heavy atom. The van der Waals surface area contributed by atoms with E-state index in [0.717, 1.165) is 32.1 Å². The van der Waals surface area contributed by atoms with Crippen LogP contribution in [0.5, 0.6) is 5.75 Å². The maximum absolute atomic E-state index is 13.0. The van der Waals surface area contributed by atoms with E-state index in [9.17, 15) is 9.59 Å². The first kappa shape index (κ1) is 23.2. The number of rotatable bonds is 1. The Morgan fingerprint density at radius 2 is 1.76 bits per heavy atom. The Bertz CT molecular complexity index is 942. The van der Waals surface area contributed by atoms with Gasteiger partial charge in [-0.2, -0.15) is 0 Å². The molecule has 1 saturated heterocycles. The average Bonchev–Trinajstić information content (AvgIpc) is 2.86. The molecule has 0 aliphatic carbocycles. The summed E-state index contributed by atoms with van der Waals surface area (Å²) in [6.45, 7) is 3.67. The van der Waals surface area contributed by atoms with Crippen molar-refractivity contribution in [3.05, 3.63) is 59.9 Å². The van der Waals surface area contributed by atoms with Crippen LogP contribution in [0.1, 0.15) is 53.0 Å². The topological polar surface area (TPSA) is 72.0 Å². The first-order valence-electron chi connectivity index (χ1n) is 11.8.